The first-order valence-electron chi connectivity index (χ1n) is 8.51. The van der Waals surface area contributed by atoms with Crippen LogP contribution >= 0.6 is 11.6 Å². The quantitative estimate of drug-likeness (QED) is 0.709. The molecule has 2 aromatic carbocycles. The molecule has 0 saturated carbocycles. The van der Waals surface area contributed by atoms with Crippen molar-refractivity contribution in [3.8, 4) is 0 Å². The Kier molecular flexibility index (Phi) is 7.60. The number of amides is 2. The van der Waals surface area contributed by atoms with E-state index in [1.165, 1.54) is 35.6 Å². The molecule has 2 amide bonds. The standard InChI is InChI=1S/C20H22ClFN2O2/c1-15(25)24(17-9-10-19(22)18(21)14-17)13-11-20(26)23-12-5-8-16-6-3-2-4-7-16/h2-4,6-7,9-10,14H,5,8,11-13H2,1H3,(H,23,26). The van der Waals surface area contributed by atoms with Crippen molar-refractivity contribution < 1.29 is 14.0 Å². The van der Waals surface area contributed by atoms with Gasteiger partial charge < -0.3 is 10.2 Å². The molecular weight excluding hydrogens is 355 g/mol. The average Bonchev–Trinajstić information content (AvgIpc) is 2.62. The summed E-state index contributed by atoms with van der Waals surface area (Å²) in [6.07, 6.45) is 1.91. The molecule has 138 valence electrons. The summed E-state index contributed by atoms with van der Waals surface area (Å²) in [5.41, 5.74) is 1.71. The molecule has 1 N–H and O–H groups in total. The van der Waals surface area contributed by atoms with E-state index in [0.717, 1.165) is 12.8 Å². The molecule has 4 nitrogen and oxygen atoms in total. The monoisotopic (exact) mass is 376 g/mol. The van der Waals surface area contributed by atoms with Crippen LogP contribution in [-0.4, -0.2) is 24.9 Å². The minimum absolute atomic E-state index is 0.0564. The first-order valence-corrected chi connectivity index (χ1v) is 8.89. The number of nitrogens with one attached hydrogen (secondary N) is 1. The lowest BCUT2D eigenvalue weighted by Crippen LogP contribution is -2.34. The van der Waals surface area contributed by atoms with Crippen LogP contribution in [0.25, 0.3) is 0 Å². The third kappa shape index (κ3) is 6.15. The van der Waals surface area contributed by atoms with E-state index >= 15 is 0 Å². The highest BCUT2D eigenvalue weighted by Crippen LogP contribution is 2.23. The Morgan fingerprint density at radius 2 is 1.88 bits per heavy atom. The van der Waals surface area contributed by atoms with Crippen LogP contribution < -0.4 is 10.2 Å². The topological polar surface area (TPSA) is 49.4 Å². The average molecular weight is 377 g/mol. The maximum absolute atomic E-state index is 13.3. The lowest BCUT2D eigenvalue weighted by atomic mass is 10.1. The Hall–Kier alpha value is -2.40. The summed E-state index contributed by atoms with van der Waals surface area (Å²) in [4.78, 5) is 25.2. The molecule has 0 saturated heterocycles. The van der Waals surface area contributed by atoms with Gasteiger partial charge >= 0.3 is 0 Å². The van der Waals surface area contributed by atoms with Crippen molar-refractivity contribution in [1.29, 1.82) is 0 Å². The van der Waals surface area contributed by atoms with Crippen molar-refractivity contribution in [3.63, 3.8) is 0 Å². The summed E-state index contributed by atoms with van der Waals surface area (Å²) in [5, 5.41) is 2.80. The molecule has 0 aliphatic carbocycles. The zero-order valence-corrected chi connectivity index (χ0v) is 15.4. The number of anilines is 1. The van der Waals surface area contributed by atoms with E-state index in [4.69, 9.17) is 11.6 Å². The van der Waals surface area contributed by atoms with Crippen LogP contribution in [0.1, 0.15) is 25.3 Å². The van der Waals surface area contributed by atoms with Crippen LogP contribution in [0, 0.1) is 5.82 Å². The van der Waals surface area contributed by atoms with E-state index in [9.17, 15) is 14.0 Å². The van der Waals surface area contributed by atoms with Gasteiger partial charge in [-0.25, -0.2) is 4.39 Å². The van der Waals surface area contributed by atoms with Crippen molar-refractivity contribution in [2.45, 2.75) is 26.2 Å². The molecule has 6 heteroatoms. The van der Waals surface area contributed by atoms with E-state index in [1.807, 2.05) is 18.2 Å². The molecule has 0 spiro atoms. The Morgan fingerprint density at radius 3 is 2.54 bits per heavy atom. The van der Waals surface area contributed by atoms with Gasteiger partial charge in [0.2, 0.25) is 11.8 Å². The molecular formula is C20H22ClFN2O2. The minimum atomic E-state index is -0.546. The summed E-state index contributed by atoms with van der Waals surface area (Å²) >= 11 is 5.77. The van der Waals surface area contributed by atoms with Crippen LogP contribution in [-0.2, 0) is 16.0 Å². The number of hydrogen-bond donors (Lipinski definition) is 1. The maximum Gasteiger partial charge on any atom is 0.223 e. The zero-order valence-electron chi connectivity index (χ0n) is 14.7. The van der Waals surface area contributed by atoms with Crippen molar-refractivity contribution in [2.24, 2.45) is 0 Å². The Bertz CT molecular complexity index is 753. The second kappa shape index (κ2) is 9.92. The van der Waals surface area contributed by atoms with Crippen molar-refractivity contribution >= 4 is 29.1 Å². The number of carbonyl (C=O) groups excluding carboxylic acids is 2. The minimum Gasteiger partial charge on any atom is -0.356 e. The number of nitrogens with zero attached hydrogens (tertiary/aromatic N) is 1. The first-order chi connectivity index (χ1) is 12.5. The molecule has 0 unspecified atom stereocenters. The van der Waals surface area contributed by atoms with Gasteiger partial charge in [-0.3, -0.25) is 9.59 Å². The highest BCUT2D eigenvalue weighted by Gasteiger charge is 2.14. The molecule has 26 heavy (non-hydrogen) atoms. The molecule has 0 bridgehead atoms. The van der Waals surface area contributed by atoms with Crippen molar-refractivity contribution in [3.05, 3.63) is 64.9 Å². The van der Waals surface area contributed by atoms with Crippen LogP contribution in [0.4, 0.5) is 10.1 Å². The second-order valence-electron chi connectivity index (χ2n) is 5.96. The highest BCUT2D eigenvalue weighted by molar-refractivity contribution is 6.31. The Balaban J connectivity index is 1.78. The van der Waals surface area contributed by atoms with Gasteiger partial charge in [-0.2, -0.15) is 0 Å². The zero-order chi connectivity index (χ0) is 18.9. The molecule has 0 atom stereocenters. The van der Waals surface area contributed by atoms with Gasteiger partial charge in [0.05, 0.1) is 5.02 Å². The number of benzene rings is 2. The predicted octanol–water partition coefficient (Wildman–Crippen LogP) is 3.97. The third-order valence-electron chi connectivity index (χ3n) is 3.96. The molecule has 0 heterocycles. The van der Waals surface area contributed by atoms with Crippen molar-refractivity contribution in [2.75, 3.05) is 18.0 Å². The molecule has 0 aliphatic rings. The summed E-state index contributed by atoms with van der Waals surface area (Å²) < 4.78 is 13.3. The van der Waals surface area contributed by atoms with Gasteiger partial charge in [-0.1, -0.05) is 41.9 Å². The number of hydrogen-bond acceptors (Lipinski definition) is 2. The predicted molar refractivity (Wildman–Crippen MR) is 102 cm³/mol. The fourth-order valence-electron chi connectivity index (χ4n) is 2.59. The fourth-order valence-corrected chi connectivity index (χ4v) is 2.76. The van der Waals surface area contributed by atoms with E-state index in [0.29, 0.717) is 12.2 Å². The lowest BCUT2D eigenvalue weighted by molar-refractivity contribution is -0.121. The lowest BCUT2D eigenvalue weighted by Gasteiger charge is -2.21. The summed E-state index contributed by atoms with van der Waals surface area (Å²) in [6.45, 7) is 2.19. The molecule has 2 aromatic rings. The molecule has 0 fully saturated rings. The first kappa shape index (κ1) is 19.9. The third-order valence-corrected chi connectivity index (χ3v) is 4.25. The van der Waals surface area contributed by atoms with Gasteiger partial charge in [0.15, 0.2) is 0 Å². The van der Waals surface area contributed by atoms with E-state index in [-0.39, 0.29) is 29.8 Å². The van der Waals surface area contributed by atoms with E-state index in [2.05, 4.69) is 17.4 Å². The molecule has 2 rings (SSSR count). The largest absolute Gasteiger partial charge is 0.356 e. The second-order valence-corrected chi connectivity index (χ2v) is 6.37. The molecule has 0 aromatic heterocycles. The number of rotatable bonds is 8. The van der Waals surface area contributed by atoms with Gasteiger partial charge in [0, 0.05) is 32.1 Å². The van der Waals surface area contributed by atoms with Crippen LogP contribution in [0.15, 0.2) is 48.5 Å². The van der Waals surface area contributed by atoms with Crippen LogP contribution in [0.5, 0.6) is 0 Å². The number of halogens is 2. The number of aryl methyl sites for hydroxylation is 1. The van der Waals surface area contributed by atoms with Gasteiger partial charge in [-0.05, 0) is 36.6 Å². The Morgan fingerprint density at radius 1 is 1.15 bits per heavy atom. The smallest absolute Gasteiger partial charge is 0.223 e. The summed E-state index contributed by atoms with van der Waals surface area (Å²) in [6, 6.07) is 14.1. The molecule has 0 aliphatic heterocycles. The van der Waals surface area contributed by atoms with E-state index in [1.54, 1.807) is 0 Å². The fraction of sp³-hybridized carbons (Fsp3) is 0.300. The SMILES string of the molecule is CC(=O)N(CCC(=O)NCCCc1ccccc1)c1ccc(F)c(Cl)c1. The van der Waals surface area contributed by atoms with Crippen molar-refractivity contribution in [1.82, 2.24) is 5.32 Å². The molecule has 0 radical (unpaired) electrons. The van der Waals surface area contributed by atoms with Crippen LogP contribution in [0.2, 0.25) is 5.02 Å². The number of carbonyl (C=O) groups is 2. The maximum atomic E-state index is 13.3. The van der Waals surface area contributed by atoms with Gasteiger partial charge in [-0.15, -0.1) is 0 Å². The summed E-state index contributed by atoms with van der Waals surface area (Å²) in [5.74, 6) is -0.905. The van der Waals surface area contributed by atoms with Gasteiger partial charge in [0.25, 0.3) is 0 Å². The van der Waals surface area contributed by atoms with E-state index < -0.39 is 5.82 Å². The summed E-state index contributed by atoms with van der Waals surface area (Å²) in [7, 11) is 0. The normalized spacial score (nSPS) is 10.4. The van der Waals surface area contributed by atoms with Crippen LogP contribution in [0.3, 0.4) is 0 Å². The Labute approximate surface area is 158 Å². The van der Waals surface area contributed by atoms with Gasteiger partial charge in [0.1, 0.15) is 5.82 Å². The highest BCUT2D eigenvalue weighted by atomic mass is 35.5.